The van der Waals surface area contributed by atoms with Crippen molar-refractivity contribution >= 4 is 33.1 Å². The molecule has 0 aliphatic rings. The first-order valence-corrected chi connectivity index (χ1v) is 8.01. The first kappa shape index (κ1) is 16.6. The molecule has 0 aliphatic carbocycles. The van der Waals surface area contributed by atoms with Gasteiger partial charge in [0.25, 0.3) is 11.5 Å². The van der Waals surface area contributed by atoms with E-state index in [2.05, 4.69) is 10.4 Å². The van der Waals surface area contributed by atoms with E-state index in [-0.39, 0.29) is 5.56 Å². The lowest BCUT2D eigenvalue weighted by molar-refractivity contribution is -0.385. The number of nitro benzene ring substituents is 1. The molecule has 128 valence electrons. The Kier molecular flexibility index (Phi) is 4.19. The maximum absolute atomic E-state index is 12.4. The summed E-state index contributed by atoms with van der Waals surface area (Å²) in [5, 5.41) is 20.7. The zero-order valence-corrected chi connectivity index (χ0v) is 13.7. The molecule has 0 fully saturated rings. The van der Waals surface area contributed by atoms with Crippen molar-refractivity contribution in [2.45, 2.75) is 13.3 Å². The number of hydrogen-bond acceptors (Lipinski definition) is 7. The summed E-state index contributed by atoms with van der Waals surface area (Å²) in [6.45, 7) is 1.96. The van der Waals surface area contributed by atoms with Crippen LogP contribution in [0.25, 0.3) is 10.2 Å². The second-order valence-electron chi connectivity index (χ2n) is 5.11. The molecule has 0 radical (unpaired) electrons. The van der Waals surface area contributed by atoms with Crippen LogP contribution in [-0.4, -0.2) is 25.6 Å². The number of amides is 1. The Morgan fingerprint density at radius 3 is 2.84 bits per heavy atom. The minimum absolute atomic E-state index is 0.0327. The van der Waals surface area contributed by atoms with Gasteiger partial charge >= 0.3 is 5.69 Å². The van der Waals surface area contributed by atoms with Crippen LogP contribution in [0, 0.1) is 10.1 Å². The van der Waals surface area contributed by atoms with E-state index < -0.39 is 27.8 Å². The standard InChI is InChI=1S/C15H12N4O5S/c1-2-9-6-10-14(25-9)16-7-18(15(10)22)17-13(21)8-3-4-11(19(23)24)12(20)5-8/h3-7,20H,2H2,1H3,(H,17,21). The Labute approximate surface area is 144 Å². The van der Waals surface area contributed by atoms with E-state index in [0.717, 1.165) is 28.1 Å². The number of phenols is 1. The lowest BCUT2D eigenvalue weighted by Crippen LogP contribution is -2.33. The summed E-state index contributed by atoms with van der Waals surface area (Å²) in [6.07, 6.45) is 1.97. The number of carbonyl (C=O) groups excluding carboxylic acids is 1. The summed E-state index contributed by atoms with van der Waals surface area (Å²) in [4.78, 5) is 40.3. The molecule has 2 heterocycles. The Morgan fingerprint density at radius 1 is 1.44 bits per heavy atom. The zero-order chi connectivity index (χ0) is 18.1. The SMILES string of the molecule is CCc1cc2c(=O)n(NC(=O)c3ccc([N+](=O)[O-])c(O)c3)cnc2s1. The predicted molar refractivity (Wildman–Crippen MR) is 91.7 cm³/mol. The number of nitrogens with one attached hydrogen (secondary N) is 1. The largest absolute Gasteiger partial charge is 0.502 e. The number of phenolic OH excluding ortho intramolecular Hbond substituents is 1. The van der Waals surface area contributed by atoms with Crippen molar-refractivity contribution in [2.75, 3.05) is 5.43 Å². The van der Waals surface area contributed by atoms with Crippen molar-refractivity contribution in [3.05, 3.63) is 61.5 Å². The van der Waals surface area contributed by atoms with Gasteiger partial charge < -0.3 is 5.11 Å². The van der Waals surface area contributed by atoms with Crippen LogP contribution in [0.15, 0.2) is 35.4 Å². The Balaban J connectivity index is 1.92. The molecule has 0 unspecified atom stereocenters. The highest BCUT2D eigenvalue weighted by Gasteiger charge is 2.17. The third-order valence-corrected chi connectivity index (χ3v) is 4.70. The summed E-state index contributed by atoms with van der Waals surface area (Å²) >= 11 is 1.41. The third-order valence-electron chi connectivity index (χ3n) is 3.51. The van der Waals surface area contributed by atoms with E-state index in [4.69, 9.17) is 0 Å². The van der Waals surface area contributed by atoms with Crippen LogP contribution in [0.4, 0.5) is 5.69 Å². The van der Waals surface area contributed by atoms with Crippen LogP contribution in [0.3, 0.4) is 0 Å². The minimum atomic E-state index is -0.763. The number of rotatable bonds is 4. The number of aromatic nitrogens is 2. The van der Waals surface area contributed by atoms with Gasteiger partial charge in [-0.1, -0.05) is 6.92 Å². The van der Waals surface area contributed by atoms with Gasteiger partial charge in [0.1, 0.15) is 11.2 Å². The van der Waals surface area contributed by atoms with E-state index in [1.54, 1.807) is 6.07 Å². The molecule has 0 atom stereocenters. The van der Waals surface area contributed by atoms with Crippen LogP contribution >= 0.6 is 11.3 Å². The summed E-state index contributed by atoms with van der Waals surface area (Å²) in [5.41, 5.74) is 1.37. The molecule has 0 saturated heterocycles. The smallest absolute Gasteiger partial charge is 0.310 e. The van der Waals surface area contributed by atoms with Crippen molar-refractivity contribution in [3.63, 3.8) is 0 Å². The second-order valence-corrected chi connectivity index (χ2v) is 6.22. The van der Waals surface area contributed by atoms with E-state index in [1.807, 2.05) is 6.92 Å². The van der Waals surface area contributed by atoms with E-state index in [9.17, 15) is 24.8 Å². The summed E-state index contributed by atoms with van der Waals surface area (Å²) in [7, 11) is 0. The lowest BCUT2D eigenvalue weighted by atomic mass is 10.2. The quantitative estimate of drug-likeness (QED) is 0.541. The normalized spacial score (nSPS) is 10.8. The van der Waals surface area contributed by atoms with Gasteiger partial charge in [0.15, 0.2) is 5.75 Å². The fourth-order valence-electron chi connectivity index (χ4n) is 2.22. The maximum Gasteiger partial charge on any atom is 0.310 e. The Morgan fingerprint density at radius 2 is 2.20 bits per heavy atom. The van der Waals surface area contributed by atoms with E-state index >= 15 is 0 Å². The molecule has 1 aromatic carbocycles. The predicted octanol–water partition coefficient (Wildman–Crippen LogP) is 2.02. The van der Waals surface area contributed by atoms with Crippen molar-refractivity contribution < 1.29 is 14.8 Å². The summed E-state index contributed by atoms with van der Waals surface area (Å²) < 4.78 is 0.940. The number of nitrogens with zero attached hydrogens (tertiary/aromatic N) is 3. The molecule has 3 aromatic rings. The molecule has 25 heavy (non-hydrogen) atoms. The number of aryl methyl sites for hydroxylation is 1. The molecule has 0 bridgehead atoms. The number of hydrogen-bond donors (Lipinski definition) is 2. The average Bonchev–Trinajstić information content (AvgIpc) is 3.01. The Bertz CT molecular complexity index is 1060. The van der Waals surface area contributed by atoms with Crippen LogP contribution < -0.4 is 11.0 Å². The van der Waals surface area contributed by atoms with Gasteiger partial charge in [-0.05, 0) is 24.6 Å². The number of carbonyl (C=O) groups is 1. The summed E-state index contributed by atoms with van der Waals surface area (Å²) in [5.74, 6) is -1.34. The molecule has 3 rings (SSSR count). The van der Waals surface area contributed by atoms with Crippen LogP contribution in [-0.2, 0) is 6.42 Å². The fourth-order valence-corrected chi connectivity index (χ4v) is 3.15. The van der Waals surface area contributed by atoms with E-state index in [1.165, 1.54) is 23.7 Å². The monoisotopic (exact) mass is 360 g/mol. The first-order valence-electron chi connectivity index (χ1n) is 7.19. The average molecular weight is 360 g/mol. The van der Waals surface area contributed by atoms with Crippen molar-refractivity contribution in [1.82, 2.24) is 9.66 Å². The number of thiophene rings is 1. The van der Waals surface area contributed by atoms with Gasteiger partial charge in [-0.25, -0.2) is 9.66 Å². The Hall–Kier alpha value is -3.27. The molecule has 1 amide bonds. The van der Waals surface area contributed by atoms with Crippen LogP contribution in [0.2, 0.25) is 0 Å². The molecule has 0 saturated carbocycles. The number of fused-ring (bicyclic) bond motifs is 1. The zero-order valence-electron chi connectivity index (χ0n) is 12.9. The molecule has 0 spiro atoms. The van der Waals surface area contributed by atoms with Crippen molar-refractivity contribution in [1.29, 1.82) is 0 Å². The second kappa shape index (κ2) is 6.32. The van der Waals surface area contributed by atoms with Gasteiger partial charge in [-0.15, -0.1) is 11.3 Å². The lowest BCUT2D eigenvalue weighted by Gasteiger charge is -2.07. The molecule has 0 aliphatic heterocycles. The molecule has 2 aromatic heterocycles. The summed E-state index contributed by atoms with van der Waals surface area (Å²) in [6, 6.07) is 4.89. The van der Waals surface area contributed by atoms with Crippen molar-refractivity contribution in [3.8, 4) is 5.75 Å². The van der Waals surface area contributed by atoms with Gasteiger partial charge in [0, 0.05) is 16.5 Å². The van der Waals surface area contributed by atoms with Gasteiger partial charge in [0.05, 0.1) is 10.3 Å². The van der Waals surface area contributed by atoms with Crippen LogP contribution in [0.5, 0.6) is 5.75 Å². The minimum Gasteiger partial charge on any atom is -0.502 e. The molecular formula is C15H12N4O5S. The maximum atomic E-state index is 12.4. The first-order chi connectivity index (χ1) is 11.9. The highest BCUT2D eigenvalue weighted by Crippen LogP contribution is 2.26. The number of nitro groups is 1. The van der Waals surface area contributed by atoms with Gasteiger partial charge in [0.2, 0.25) is 0 Å². The van der Waals surface area contributed by atoms with Gasteiger partial charge in [-0.3, -0.25) is 25.1 Å². The third kappa shape index (κ3) is 3.06. The molecule has 10 heteroatoms. The number of aromatic hydroxyl groups is 1. The van der Waals surface area contributed by atoms with Crippen molar-refractivity contribution in [2.24, 2.45) is 0 Å². The fraction of sp³-hybridized carbons (Fsp3) is 0.133. The van der Waals surface area contributed by atoms with Gasteiger partial charge in [-0.2, -0.15) is 0 Å². The molecular weight excluding hydrogens is 348 g/mol. The molecule has 2 N–H and O–H groups in total. The number of benzene rings is 1. The highest BCUT2D eigenvalue weighted by atomic mass is 32.1. The van der Waals surface area contributed by atoms with E-state index in [0.29, 0.717) is 10.2 Å². The topological polar surface area (TPSA) is 127 Å². The molecule has 9 nitrogen and oxygen atoms in total. The highest BCUT2D eigenvalue weighted by molar-refractivity contribution is 7.18. The van der Waals surface area contributed by atoms with Crippen LogP contribution in [0.1, 0.15) is 22.2 Å².